The van der Waals surface area contributed by atoms with E-state index in [4.69, 9.17) is 11.6 Å². The number of hydrogen-bond donors (Lipinski definition) is 1. The Hall–Kier alpha value is 0.680. The quantitative estimate of drug-likeness (QED) is 0.492. The largest absolute Gasteiger partial charge is 0.252 e. The summed E-state index contributed by atoms with van der Waals surface area (Å²) in [6, 6.07) is 0. The van der Waals surface area contributed by atoms with E-state index in [0.717, 1.165) is 18.5 Å². The number of halogens is 1. The van der Waals surface area contributed by atoms with Gasteiger partial charge in [0.25, 0.3) is 0 Å². The maximum absolute atomic E-state index is 9.72. The van der Waals surface area contributed by atoms with E-state index in [1.54, 1.807) is 0 Å². The number of alkyl halides is 1. The van der Waals surface area contributed by atoms with Crippen LogP contribution in [0, 0.1) is 0 Å². The van der Waals surface area contributed by atoms with Gasteiger partial charge in [0.05, 0.1) is 24.4 Å². The van der Waals surface area contributed by atoms with Crippen LogP contribution in [0.4, 0.5) is 0 Å². The van der Waals surface area contributed by atoms with Crippen molar-refractivity contribution in [2.24, 2.45) is 0 Å². The van der Waals surface area contributed by atoms with Crippen LogP contribution in [0.3, 0.4) is 0 Å². The lowest BCUT2D eigenvalue weighted by Crippen LogP contribution is -2.00. The molecule has 1 saturated heterocycles. The predicted octanol–water partition coefficient (Wildman–Crippen LogP) is 1.94. The van der Waals surface area contributed by atoms with Gasteiger partial charge in [-0.1, -0.05) is 0 Å². The first-order valence-electron chi connectivity index (χ1n) is 3.42. The van der Waals surface area contributed by atoms with Crippen LogP contribution in [0.2, 0.25) is 0 Å². The number of rotatable bonds is 2. The van der Waals surface area contributed by atoms with Gasteiger partial charge in [0.15, 0.2) is 0 Å². The Morgan fingerprint density at radius 3 is 2.33 bits per heavy atom. The van der Waals surface area contributed by atoms with Crippen molar-refractivity contribution in [2.75, 3.05) is 24.4 Å². The molecule has 0 aromatic heterocycles. The van der Waals surface area contributed by atoms with E-state index in [1.165, 1.54) is 12.8 Å². The Labute approximate surface area is 61.8 Å². The predicted molar refractivity (Wildman–Crippen MR) is 43.7 cm³/mol. The summed E-state index contributed by atoms with van der Waals surface area (Å²) in [6.07, 6.45) is 5.47. The highest BCUT2D eigenvalue weighted by atomic mass is 35.5. The van der Waals surface area contributed by atoms with E-state index in [9.17, 15) is 4.89 Å². The zero-order valence-electron chi connectivity index (χ0n) is 5.52. The summed E-state index contributed by atoms with van der Waals surface area (Å²) < 4.78 is 0. The molecule has 1 rings (SSSR count). The first-order chi connectivity index (χ1) is 4.27. The molecule has 0 atom stereocenters. The van der Waals surface area contributed by atoms with Crippen molar-refractivity contribution in [3.05, 3.63) is 0 Å². The van der Waals surface area contributed by atoms with E-state index < -0.39 is 7.49 Å². The molecule has 1 aliphatic rings. The Morgan fingerprint density at radius 1 is 1.33 bits per heavy atom. The second-order valence-corrected chi connectivity index (χ2v) is 6.57. The molecule has 1 heterocycles. The highest BCUT2D eigenvalue weighted by Gasteiger charge is 2.38. The van der Waals surface area contributed by atoms with Crippen LogP contribution in [0.1, 0.15) is 12.8 Å². The van der Waals surface area contributed by atoms with Gasteiger partial charge in [-0.15, -0.1) is 11.6 Å². The van der Waals surface area contributed by atoms with Crippen LogP contribution < -0.4 is 0 Å². The lowest BCUT2D eigenvalue weighted by molar-refractivity contribution is 0.607. The van der Waals surface area contributed by atoms with Crippen molar-refractivity contribution in [3.8, 4) is 0 Å². The molecule has 0 saturated carbocycles. The molecule has 0 amide bonds. The molecule has 0 aromatic rings. The molecular formula is C6H13ClOP+. The standard InChI is InChI=1S/C6H13ClOP/c7-3-6-9(8)4-1-2-5-9/h8H,1-6H2/q+1. The molecule has 0 spiro atoms. The average molecular weight is 168 g/mol. The van der Waals surface area contributed by atoms with Gasteiger partial charge < -0.3 is 0 Å². The fraction of sp³-hybridized carbons (Fsp3) is 1.00. The van der Waals surface area contributed by atoms with E-state index in [0.29, 0.717) is 5.88 Å². The Morgan fingerprint density at radius 2 is 1.89 bits per heavy atom. The normalized spacial score (nSPS) is 24.7. The highest BCUT2D eigenvalue weighted by molar-refractivity contribution is 7.70. The van der Waals surface area contributed by atoms with E-state index in [1.807, 2.05) is 0 Å². The van der Waals surface area contributed by atoms with Gasteiger partial charge in [0.1, 0.15) is 7.49 Å². The Kier molecular flexibility index (Phi) is 2.75. The monoisotopic (exact) mass is 167 g/mol. The molecular weight excluding hydrogens is 154 g/mol. The van der Waals surface area contributed by atoms with Crippen molar-refractivity contribution in [1.82, 2.24) is 0 Å². The summed E-state index contributed by atoms with van der Waals surface area (Å²) in [5.74, 6) is 0.643. The topological polar surface area (TPSA) is 20.2 Å². The average Bonchev–Trinajstić information content (AvgIpc) is 2.16. The van der Waals surface area contributed by atoms with Gasteiger partial charge in [-0.2, -0.15) is 0 Å². The number of hydrogen-bond acceptors (Lipinski definition) is 1. The molecule has 0 radical (unpaired) electrons. The molecule has 0 unspecified atom stereocenters. The maximum atomic E-state index is 9.72. The van der Waals surface area contributed by atoms with Crippen LogP contribution >= 0.6 is 19.1 Å². The smallest absolute Gasteiger partial charge is 0.143 e. The van der Waals surface area contributed by atoms with E-state index in [2.05, 4.69) is 0 Å². The molecule has 1 nitrogen and oxygen atoms in total. The van der Waals surface area contributed by atoms with Gasteiger partial charge in [0.2, 0.25) is 0 Å². The third-order valence-corrected chi connectivity index (χ3v) is 5.71. The highest BCUT2D eigenvalue weighted by Crippen LogP contribution is 2.59. The second-order valence-electron chi connectivity index (χ2n) is 2.66. The molecule has 0 aromatic carbocycles. The van der Waals surface area contributed by atoms with Crippen LogP contribution in [0.15, 0.2) is 0 Å². The zero-order chi connectivity index (χ0) is 6.74. The maximum Gasteiger partial charge on any atom is 0.143 e. The van der Waals surface area contributed by atoms with Gasteiger partial charge in [0, 0.05) is 0 Å². The lowest BCUT2D eigenvalue weighted by atomic mass is 10.4. The summed E-state index contributed by atoms with van der Waals surface area (Å²) in [6.45, 7) is 0. The van der Waals surface area contributed by atoms with Crippen LogP contribution in [-0.2, 0) is 0 Å². The van der Waals surface area contributed by atoms with Crippen molar-refractivity contribution < 1.29 is 4.89 Å². The summed E-state index contributed by atoms with van der Waals surface area (Å²) in [4.78, 5) is 9.72. The Bertz CT molecular complexity index is 91.1. The van der Waals surface area contributed by atoms with Gasteiger partial charge >= 0.3 is 0 Å². The molecule has 54 valence electrons. The Balaban J connectivity index is 2.32. The van der Waals surface area contributed by atoms with Gasteiger partial charge in [-0.25, -0.2) is 0 Å². The van der Waals surface area contributed by atoms with E-state index >= 15 is 0 Å². The minimum atomic E-state index is -1.45. The fourth-order valence-corrected chi connectivity index (χ4v) is 4.86. The van der Waals surface area contributed by atoms with Crippen LogP contribution in [0.5, 0.6) is 0 Å². The van der Waals surface area contributed by atoms with Crippen LogP contribution in [0.25, 0.3) is 0 Å². The molecule has 1 fully saturated rings. The zero-order valence-corrected chi connectivity index (χ0v) is 7.17. The third-order valence-electron chi connectivity index (χ3n) is 1.90. The van der Waals surface area contributed by atoms with Gasteiger partial charge in [-0.05, 0) is 12.8 Å². The van der Waals surface area contributed by atoms with Gasteiger partial charge in [-0.3, -0.25) is 4.89 Å². The molecule has 1 N–H and O–H groups in total. The van der Waals surface area contributed by atoms with Crippen molar-refractivity contribution in [2.45, 2.75) is 12.8 Å². The van der Waals surface area contributed by atoms with Crippen molar-refractivity contribution >= 4 is 19.1 Å². The van der Waals surface area contributed by atoms with Crippen LogP contribution in [-0.4, -0.2) is 29.3 Å². The molecule has 0 bridgehead atoms. The summed E-state index contributed by atoms with van der Waals surface area (Å²) in [5.41, 5.74) is 0. The summed E-state index contributed by atoms with van der Waals surface area (Å²) >= 11 is 5.54. The SMILES string of the molecule is O[P+]1(CCCl)CCCC1. The minimum absolute atomic E-state index is 0.643. The van der Waals surface area contributed by atoms with E-state index in [-0.39, 0.29) is 0 Å². The summed E-state index contributed by atoms with van der Waals surface area (Å²) in [5, 5.41) is 0. The molecule has 1 aliphatic heterocycles. The van der Waals surface area contributed by atoms with Crippen molar-refractivity contribution in [1.29, 1.82) is 0 Å². The first-order valence-corrected chi connectivity index (χ1v) is 6.25. The second kappa shape index (κ2) is 3.18. The molecule has 3 heteroatoms. The summed E-state index contributed by atoms with van der Waals surface area (Å²) in [7, 11) is -1.45. The molecule has 9 heavy (non-hydrogen) atoms. The first kappa shape index (κ1) is 7.78. The minimum Gasteiger partial charge on any atom is -0.252 e. The molecule has 0 aliphatic carbocycles. The fourth-order valence-electron chi connectivity index (χ4n) is 1.30. The lowest BCUT2D eigenvalue weighted by Gasteiger charge is -2.10. The third kappa shape index (κ3) is 2.07. The van der Waals surface area contributed by atoms with Crippen molar-refractivity contribution in [3.63, 3.8) is 0 Å².